The first-order valence-electron chi connectivity index (χ1n) is 5.42. The maximum Gasteiger partial charge on any atom is 0.224 e. The van der Waals surface area contributed by atoms with Crippen LogP contribution in [0.4, 0.5) is 4.39 Å². The third-order valence-electron chi connectivity index (χ3n) is 2.41. The van der Waals surface area contributed by atoms with Crippen LogP contribution in [0.3, 0.4) is 0 Å². The van der Waals surface area contributed by atoms with Gasteiger partial charge in [0, 0.05) is 17.1 Å². The molecule has 1 aromatic carbocycles. The molecule has 1 aromatic rings. The van der Waals surface area contributed by atoms with Gasteiger partial charge in [0.2, 0.25) is 5.91 Å². The second-order valence-corrected chi connectivity index (χ2v) is 4.15. The third kappa shape index (κ3) is 4.32. The first kappa shape index (κ1) is 13.9. The molecule has 1 unspecified atom stereocenters. The zero-order chi connectivity index (χ0) is 12.8. The molecule has 0 spiro atoms. The van der Waals surface area contributed by atoms with Gasteiger partial charge in [0.25, 0.3) is 0 Å². The van der Waals surface area contributed by atoms with Crippen LogP contribution in [0.1, 0.15) is 18.9 Å². The average molecular weight is 260 g/mol. The number of carbonyl (C=O) groups is 1. The minimum Gasteiger partial charge on any atom is -0.391 e. The Labute approximate surface area is 105 Å². The Morgan fingerprint density at radius 1 is 1.59 bits per heavy atom. The van der Waals surface area contributed by atoms with Gasteiger partial charge in [-0.2, -0.15) is 0 Å². The van der Waals surface area contributed by atoms with E-state index < -0.39 is 11.9 Å². The number of halogens is 2. The van der Waals surface area contributed by atoms with E-state index in [1.54, 1.807) is 0 Å². The molecule has 0 saturated heterocycles. The van der Waals surface area contributed by atoms with Crippen molar-refractivity contribution in [2.24, 2.45) is 0 Å². The van der Waals surface area contributed by atoms with Gasteiger partial charge >= 0.3 is 0 Å². The Morgan fingerprint density at radius 3 is 2.88 bits per heavy atom. The van der Waals surface area contributed by atoms with Crippen molar-refractivity contribution < 1.29 is 14.3 Å². The van der Waals surface area contributed by atoms with Gasteiger partial charge in [-0.3, -0.25) is 4.79 Å². The third-order valence-corrected chi connectivity index (χ3v) is 2.76. The maximum atomic E-state index is 13.4. The molecule has 0 heterocycles. The van der Waals surface area contributed by atoms with Crippen molar-refractivity contribution in [2.75, 3.05) is 6.54 Å². The number of hydrogen-bond donors (Lipinski definition) is 2. The standard InChI is InChI=1S/C12H15ClFNO2/c1-2-8(16)7-15-12(17)6-9-10(13)4-3-5-11(9)14/h3-5,8,16H,2,6-7H2,1H3,(H,15,17). The van der Waals surface area contributed by atoms with Crippen LogP contribution in [0.2, 0.25) is 5.02 Å². The van der Waals surface area contributed by atoms with E-state index in [1.165, 1.54) is 18.2 Å². The Balaban J connectivity index is 2.56. The van der Waals surface area contributed by atoms with Gasteiger partial charge in [0.15, 0.2) is 0 Å². The van der Waals surface area contributed by atoms with E-state index in [2.05, 4.69) is 5.32 Å². The molecule has 0 aliphatic carbocycles. The summed E-state index contributed by atoms with van der Waals surface area (Å²) >= 11 is 5.79. The van der Waals surface area contributed by atoms with Gasteiger partial charge < -0.3 is 10.4 Å². The molecule has 94 valence electrons. The molecule has 1 atom stereocenters. The van der Waals surface area contributed by atoms with Gasteiger partial charge in [-0.25, -0.2) is 4.39 Å². The Hall–Kier alpha value is -1.13. The quantitative estimate of drug-likeness (QED) is 0.849. The lowest BCUT2D eigenvalue weighted by Gasteiger charge is -2.10. The molecule has 0 saturated carbocycles. The number of nitrogens with one attached hydrogen (secondary N) is 1. The highest BCUT2D eigenvalue weighted by molar-refractivity contribution is 6.31. The molecule has 2 N–H and O–H groups in total. The van der Waals surface area contributed by atoms with Gasteiger partial charge in [0.1, 0.15) is 5.82 Å². The molecule has 17 heavy (non-hydrogen) atoms. The fourth-order valence-corrected chi connectivity index (χ4v) is 1.53. The molecule has 1 rings (SSSR count). The summed E-state index contributed by atoms with van der Waals surface area (Å²) in [5.74, 6) is -0.854. The SMILES string of the molecule is CCC(O)CNC(=O)Cc1c(F)cccc1Cl. The number of aliphatic hydroxyl groups is 1. The lowest BCUT2D eigenvalue weighted by atomic mass is 10.1. The molecular weight excluding hydrogens is 245 g/mol. The van der Waals surface area contributed by atoms with Crippen LogP contribution in [0.25, 0.3) is 0 Å². The van der Waals surface area contributed by atoms with Gasteiger partial charge in [-0.15, -0.1) is 0 Å². The minimum atomic E-state index is -0.574. The minimum absolute atomic E-state index is 0.123. The Kier molecular flexibility index (Phi) is 5.38. The highest BCUT2D eigenvalue weighted by Gasteiger charge is 2.12. The summed E-state index contributed by atoms with van der Waals surface area (Å²) in [5.41, 5.74) is 0.178. The smallest absolute Gasteiger partial charge is 0.224 e. The zero-order valence-corrected chi connectivity index (χ0v) is 10.3. The summed E-state index contributed by atoms with van der Waals surface area (Å²) in [4.78, 5) is 11.5. The van der Waals surface area contributed by atoms with Crippen molar-refractivity contribution in [3.8, 4) is 0 Å². The average Bonchev–Trinajstić information content (AvgIpc) is 2.31. The molecule has 0 fully saturated rings. The highest BCUT2D eigenvalue weighted by atomic mass is 35.5. The topological polar surface area (TPSA) is 49.3 Å². The van der Waals surface area contributed by atoms with Crippen molar-refractivity contribution >= 4 is 17.5 Å². The lowest BCUT2D eigenvalue weighted by Crippen LogP contribution is -2.33. The van der Waals surface area contributed by atoms with Crippen molar-refractivity contribution in [2.45, 2.75) is 25.9 Å². The molecule has 0 radical (unpaired) electrons. The molecule has 0 bridgehead atoms. The van der Waals surface area contributed by atoms with Crippen LogP contribution in [0.15, 0.2) is 18.2 Å². The van der Waals surface area contributed by atoms with E-state index >= 15 is 0 Å². The molecule has 0 aromatic heterocycles. The summed E-state index contributed by atoms with van der Waals surface area (Å²) in [6, 6.07) is 4.28. The van der Waals surface area contributed by atoms with Gasteiger partial charge in [0.05, 0.1) is 12.5 Å². The van der Waals surface area contributed by atoms with Crippen LogP contribution in [0, 0.1) is 5.82 Å². The Morgan fingerprint density at radius 2 is 2.29 bits per heavy atom. The lowest BCUT2D eigenvalue weighted by molar-refractivity contribution is -0.120. The summed E-state index contributed by atoms with van der Waals surface area (Å²) in [6.07, 6.45) is -0.141. The molecule has 1 amide bonds. The van der Waals surface area contributed by atoms with Crippen molar-refractivity contribution in [1.82, 2.24) is 5.32 Å². The molecule has 5 heteroatoms. The van der Waals surface area contributed by atoms with Crippen LogP contribution >= 0.6 is 11.6 Å². The van der Waals surface area contributed by atoms with E-state index in [4.69, 9.17) is 11.6 Å². The van der Waals surface area contributed by atoms with Crippen LogP contribution in [-0.2, 0) is 11.2 Å². The normalized spacial score (nSPS) is 12.2. The number of benzene rings is 1. The second kappa shape index (κ2) is 6.57. The number of aliphatic hydroxyl groups excluding tert-OH is 1. The van der Waals surface area contributed by atoms with E-state index in [1.807, 2.05) is 6.92 Å². The number of rotatable bonds is 5. The maximum absolute atomic E-state index is 13.4. The summed E-state index contributed by atoms with van der Waals surface area (Å²) in [5, 5.41) is 12.0. The Bertz CT molecular complexity index is 378. The van der Waals surface area contributed by atoms with Crippen molar-refractivity contribution in [1.29, 1.82) is 0 Å². The zero-order valence-electron chi connectivity index (χ0n) is 9.54. The predicted molar refractivity (Wildman–Crippen MR) is 64.4 cm³/mol. The number of carbonyl (C=O) groups excluding carboxylic acids is 1. The monoisotopic (exact) mass is 259 g/mol. The molecule has 0 aliphatic rings. The molecule has 3 nitrogen and oxygen atoms in total. The fourth-order valence-electron chi connectivity index (χ4n) is 1.30. The van der Waals surface area contributed by atoms with Crippen LogP contribution in [-0.4, -0.2) is 23.7 Å². The van der Waals surface area contributed by atoms with Gasteiger partial charge in [-0.1, -0.05) is 24.6 Å². The second-order valence-electron chi connectivity index (χ2n) is 3.74. The summed E-state index contributed by atoms with van der Waals surface area (Å²) in [6.45, 7) is 1.98. The van der Waals surface area contributed by atoms with E-state index in [0.717, 1.165) is 0 Å². The van der Waals surface area contributed by atoms with Gasteiger partial charge in [-0.05, 0) is 18.6 Å². The van der Waals surface area contributed by atoms with E-state index in [-0.39, 0.29) is 29.5 Å². The summed E-state index contributed by atoms with van der Waals surface area (Å²) in [7, 11) is 0. The number of hydrogen-bond acceptors (Lipinski definition) is 2. The number of amides is 1. The van der Waals surface area contributed by atoms with E-state index in [0.29, 0.717) is 6.42 Å². The van der Waals surface area contributed by atoms with Crippen molar-refractivity contribution in [3.05, 3.63) is 34.6 Å². The first-order valence-corrected chi connectivity index (χ1v) is 5.80. The largest absolute Gasteiger partial charge is 0.391 e. The first-order chi connectivity index (χ1) is 8.04. The molecular formula is C12H15ClFNO2. The van der Waals surface area contributed by atoms with Crippen LogP contribution < -0.4 is 5.32 Å². The predicted octanol–water partition coefficient (Wildman–Crippen LogP) is 1.91. The van der Waals surface area contributed by atoms with E-state index in [9.17, 15) is 14.3 Å². The summed E-state index contributed by atoms with van der Waals surface area (Å²) < 4.78 is 13.4. The molecule has 0 aliphatic heterocycles. The van der Waals surface area contributed by atoms with Crippen LogP contribution in [0.5, 0.6) is 0 Å². The fraction of sp³-hybridized carbons (Fsp3) is 0.417. The van der Waals surface area contributed by atoms with Crippen molar-refractivity contribution in [3.63, 3.8) is 0 Å². The highest BCUT2D eigenvalue weighted by Crippen LogP contribution is 2.19.